The van der Waals surface area contributed by atoms with Crippen LogP contribution in [-0.2, 0) is 8.85 Å². The summed E-state index contributed by atoms with van der Waals surface area (Å²) in [6.45, 7) is 6.93. The lowest BCUT2D eigenvalue weighted by Crippen LogP contribution is -2.31. The molecule has 3 nitrogen and oxygen atoms in total. The Kier molecular flexibility index (Phi) is 10.7. The first-order valence-electron chi connectivity index (χ1n) is 8.33. The molecule has 1 aliphatic rings. The average molecular weight is 288 g/mol. The fourth-order valence-electron chi connectivity index (χ4n) is 2.81. The topological polar surface area (TPSA) is 30.5 Å². The summed E-state index contributed by atoms with van der Waals surface area (Å²) in [6, 6.07) is 1.98. The van der Waals surface area contributed by atoms with Crippen molar-refractivity contribution in [1.82, 2.24) is 5.32 Å². The second-order valence-corrected chi connectivity index (χ2v) is 7.58. The molecule has 0 saturated heterocycles. The van der Waals surface area contributed by atoms with Crippen LogP contribution in [0.15, 0.2) is 0 Å². The normalized spacial score (nSPS) is 17.2. The molecule has 0 heterocycles. The fraction of sp³-hybridized carbons (Fsp3) is 1.00. The lowest BCUT2D eigenvalue weighted by atomic mass is 9.95. The Morgan fingerprint density at radius 1 is 0.947 bits per heavy atom. The standard InChI is InChI=1S/C15H33NO2Si/c1-3-17-19(18-4-2)14-10-6-9-13-16-15-11-7-5-8-12-15/h15-16,19H,3-14H2,1-2H3. The minimum Gasteiger partial charge on any atom is -0.397 e. The number of rotatable bonds is 11. The van der Waals surface area contributed by atoms with Gasteiger partial charge < -0.3 is 14.2 Å². The van der Waals surface area contributed by atoms with Crippen LogP contribution in [0.3, 0.4) is 0 Å². The van der Waals surface area contributed by atoms with Crippen molar-refractivity contribution in [3.63, 3.8) is 0 Å². The predicted octanol–water partition coefficient (Wildman–Crippen LogP) is 3.37. The molecule has 19 heavy (non-hydrogen) atoms. The van der Waals surface area contributed by atoms with E-state index in [0.29, 0.717) is 0 Å². The zero-order chi connectivity index (χ0) is 13.8. The van der Waals surface area contributed by atoms with Crippen molar-refractivity contribution in [1.29, 1.82) is 0 Å². The number of nitrogens with one attached hydrogen (secondary N) is 1. The highest BCUT2D eigenvalue weighted by Gasteiger charge is 2.13. The highest BCUT2D eigenvalue weighted by molar-refractivity contribution is 6.44. The molecule has 1 saturated carbocycles. The number of hydrogen-bond donors (Lipinski definition) is 1. The van der Waals surface area contributed by atoms with Crippen LogP contribution in [0.1, 0.15) is 65.2 Å². The maximum Gasteiger partial charge on any atom is 0.321 e. The van der Waals surface area contributed by atoms with E-state index in [9.17, 15) is 0 Å². The Hall–Kier alpha value is 0.0969. The molecule has 0 atom stereocenters. The van der Waals surface area contributed by atoms with Crippen LogP contribution in [0.5, 0.6) is 0 Å². The second-order valence-electron chi connectivity index (χ2n) is 5.48. The van der Waals surface area contributed by atoms with Crippen molar-refractivity contribution >= 4 is 9.28 Å². The van der Waals surface area contributed by atoms with E-state index in [4.69, 9.17) is 8.85 Å². The lowest BCUT2D eigenvalue weighted by molar-refractivity contribution is 0.212. The van der Waals surface area contributed by atoms with Gasteiger partial charge in [-0.1, -0.05) is 32.1 Å². The van der Waals surface area contributed by atoms with Gasteiger partial charge >= 0.3 is 9.28 Å². The molecule has 0 aromatic heterocycles. The Morgan fingerprint density at radius 3 is 2.26 bits per heavy atom. The first-order chi connectivity index (χ1) is 9.36. The minimum absolute atomic E-state index is 0.806. The van der Waals surface area contributed by atoms with Gasteiger partial charge in [0.2, 0.25) is 0 Å². The van der Waals surface area contributed by atoms with Crippen LogP contribution >= 0.6 is 0 Å². The molecule has 0 bridgehead atoms. The molecule has 0 spiro atoms. The molecule has 0 aromatic rings. The molecule has 1 aliphatic carbocycles. The molecule has 0 radical (unpaired) electrons. The van der Waals surface area contributed by atoms with Gasteiger partial charge in [-0.05, 0) is 45.7 Å². The molecule has 0 amide bonds. The van der Waals surface area contributed by atoms with Gasteiger partial charge in [-0.15, -0.1) is 0 Å². The van der Waals surface area contributed by atoms with E-state index in [2.05, 4.69) is 19.2 Å². The molecule has 1 rings (SSSR count). The van der Waals surface area contributed by atoms with Crippen LogP contribution in [0.4, 0.5) is 0 Å². The van der Waals surface area contributed by atoms with E-state index in [1.54, 1.807) is 0 Å². The minimum atomic E-state index is -1.33. The molecule has 1 fully saturated rings. The molecule has 114 valence electrons. The van der Waals surface area contributed by atoms with Gasteiger partial charge in [-0.3, -0.25) is 0 Å². The molecule has 4 heteroatoms. The molecule has 0 unspecified atom stereocenters. The summed E-state index contributed by atoms with van der Waals surface area (Å²) >= 11 is 0. The maximum atomic E-state index is 5.69. The van der Waals surface area contributed by atoms with Gasteiger partial charge in [0, 0.05) is 19.3 Å². The number of unbranched alkanes of at least 4 members (excludes halogenated alkanes) is 2. The van der Waals surface area contributed by atoms with Crippen molar-refractivity contribution in [2.75, 3.05) is 19.8 Å². The largest absolute Gasteiger partial charge is 0.397 e. The number of hydrogen-bond acceptors (Lipinski definition) is 3. The van der Waals surface area contributed by atoms with Crippen LogP contribution in [0.25, 0.3) is 0 Å². The van der Waals surface area contributed by atoms with Gasteiger partial charge in [-0.2, -0.15) is 0 Å². The lowest BCUT2D eigenvalue weighted by Gasteiger charge is -2.22. The Balaban J connectivity index is 1.91. The highest BCUT2D eigenvalue weighted by Crippen LogP contribution is 2.17. The third kappa shape index (κ3) is 8.79. The van der Waals surface area contributed by atoms with E-state index >= 15 is 0 Å². The van der Waals surface area contributed by atoms with Crippen molar-refractivity contribution in [3.8, 4) is 0 Å². The van der Waals surface area contributed by atoms with Crippen molar-refractivity contribution in [2.45, 2.75) is 77.3 Å². The highest BCUT2D eigenvalue weighted by atomic mass is 28.3. The summed E-state index contributed by atoms with van der Waals surface area (Å²) in [4.78, 5) is 0. The van der Waals surface area contributed by atoms with Crippen molar-refractivity contribution in [3.05, 3.63) is 0 Å². The van der Waals surface area contributed by atoms with Gasteiger partial charge in [0.15, 0.2) is 0 Å². The molecule has 1 N–H and O–H groups in total. The van der Waals surface area contributed by atoms with Crippen LogP contribution < -0.4 is 5.32 Å². The van der Waals surface area contributed by atoms with Gasteiger partial charge in [-0.25, -0.2) is 0 Å². The van der Waals surface area contributed by atoms with Gasteiger partial charge in [0.25, 0.3) is 0 Å². The second kappa shape index (κ2) is 11.9. The predicted molar refractivity (Wildman–Crippen MR) is 83.9 cm³/mol. The summed E-state index contributed by atoms with van der Waals surface area (Å²) in [5.74, 6) is 0. The van der Waals surface area contributed by atoms with Crippen molar-refractivity contribution < 1.29 is 8.85 Å². The van der Waals surface area contributed by atoms with E-state index in [1.807, 2.05) is 0 Å². The summed E-state index contributed by atoms with van der Waals surface area (Å²) < 4.78 is 11.4. The van der Waals surface area contributed by atoms with E-state index in [1.165, 1.54) is 64.0 Å². The molecular formula is C15H33NO2Si. The summed E-state index contributed by atoms with van der Waals surface area (Å²) in [6.07, 6.45) is 11.0. The zero-order valence-corrected chi connectivity index (χ0v) is 14.1. The Morgan fingerprint density at radius 2 is 1.63 bits per heavy atom. The smallest absolute Gasteiger partial charge is 0.321 e. The van der Waals surface area contributed by atoms with Crippen molar-refractivity contribution in [2.24, 2.45) is 0 Å². The third-order valence-corrected chi connectivity index (χ3v) is 6.15. The van der Waals surface area contributed by atoms with Crippen LogP contribution in [0.2, 0.25) is 6.04 Å². The van der Waals surface area contributed by atoms with E-state index < -0.39 is 9.28 Å². The first-order valence-corrected chi connectivity index (χ1v) is 10.1. The van der Waals surface area contributed by atoms with Crippen LogP contribution in [-0.4, -0.2) is 35.1 Å². The Bertz CT molecular complexity index is 193. The molecule has 0 aliphatic heterocycles. The molecular weight excluding hydrogens is 254 g/mol. The van der Waals surface area contributed by atoms with Gasteiger partial charge in [0.1, 0.15) is 0 Å². The quantitative estimate of drug-likeness (QED) is 0.467. The summed E-state index contributed by atoms with van der Waals surface area (Å²) in [7, 11) is -1.33. The Labute approximate surface area is 121 Å². The monoisotopic (exact) mass is 287 g/mol. The third-order valence-electron chi connectivity index (χ3n) is 3.86. The van der Waals surface area contributed by atoms with E-state index in [-0.39, 0.29) is 0 Å². The van der Waals surface area contributed by atoms with Gasteiger partial charge in [0.05, 0.1) is 0 Å². The first kappa shape index (κ1) is 17.1. The maximum absolute atomic E-state index is 5.69. The fourth-order valence-corrected chi connectivity index (χ4v) is 4.61. The zero-order valence-electron chi connectivity index (χ0n) is 13.0. The SMILES string of the molecule is CCO[SiH](CCCCCNC1CCCCC1)OCC. The summed E-state index contributed by atoms with van der Waals surface area (Å²) in [5, 5.41) is 3.71. The molecule has 0 aromatic carbocycles. The van der Waals surface area contributed by atoms with Crippen LogP contribution in [0, 0.1) is 0 Å². The summed E-state index contributed by atoms with van der Waals surface area (Å²) in [5.41, 5.74) is 0. The van der Waals surface area contributed by atoms with E-state index in [0.717, 1.165) is 19.3 Å². The average Bonchev–Trinajstić information content (AvgIpc) is 2.44.